The quantitative estimate of drug-likeness (QED) is 0.450. The molecular weight excluding hydrogens is 512 g/mol. The lowest BCUT2D eigenvalue weighted by molar-refractivity contribution is -0.114. The molecule has 6 rings (SSSR count). The lowest BCUT2D eigenvalue weighted by Crippen LogP contribution is -2.44. The minimum Gasteiger partial charge on any atom is -0.373 e. The maximum Gasteiger partial charge on any atom is 0.258 e. The molecule has 2 aliphatic carbocycles. The van der Waals surface area contributed by atoms with Crippen LogP contribution >= 0.6 is 0 Å². The van der Waals surface area contributed by atoms with Crippen LogP contribution in [-0.4, -0.2) is 51.7 Å². The summed E-state index contributed by atoms with van der Waals surface area (Å²) in [6, 6.07) is 14.9. The van der Waals surface area contributed by atoms with Gasteiger partial charge < -0.3 is 10.1 Å². The second-order valence-corrected chi connectivity index (χ2v) is 11.5. The molecule has 3 aliphatic rings. The van der Waals surface area contributed by atoms with Crippen LogP contribution in [0.15, 0.2) is 83.9 Å². The van der Waals surface area contributed by atoms with Gasteiger partial charge in [-0.25, -0.2) is 0 Å². The van der Waals surface area contributed by atoms with E-state index in [1.807, 2.05) is 6.08 Å². The summed E-state index contributed by atoms with van der Waals surface area (Å²) in [6.45, 7) is 9.64. The Bertz CT molecular complexity index is 1570. The molecular formula is C34H36N4O3. The van der Waals surface area contributed by atoms with Crippen molar-refractivity contribution in [2.45, 2.75) is 58.9 Å². The lowest BCUT2D eigenvalue weighted by atomic mass is 9.93. The molecule has 7 nitrogen and oxygen atoms in total. The second-order valence-electron chi connectivity index (χ2n) is 11.5. The summed E-state index contributed by atoms with van der Waals surface area (Å²) in [7, 11) is 0. The third-order valence-corrected chi connectivity index (χ3v) is 7.89. The van der Waals surface area contributed by atoms with Crippen molar-refractivity contribution >= 4 is 17.8 Å². The van der Waals surface area contributed by atoms with Gasteiger partial charge in [0.2, 0.25) is 0 Å². The summed E-state index contributed by atoms with van der Waals surface area (Å²) in [4.78, 5) is 28.4. The highest BCUT2D eigenvalue weighted by atomic mass is 16.5. The zero-order chi connectivity index (χ0) is 28.5. The molecule has 1 saturated heterocycles. The monoisotopic (exact) mass is 548 g/mol. The van der Waals surface area contributed by atoms with E-state index in [9.17, 15) is 9.59 Å². The van der Waals surface area contributed by atoms with Crippen LogP contribution in [0, 0.1) is 6.92 Å². The van der Waals surface area contributed by atoms with Crippen LogP contribution < -0.4 is 5.32 Å². The normalized spacial score (nSPS) is 20.8. The second kappa shape index (κ2) is 11.4. The molecule has 1 amide bonds. The number of allylic oxidation sites excluding steroid dienone is 4. The number of nitrogens with one attached hydrogen (secondary N) is 1. The molecule has 7 heteroatoms. The molecule has 3 aromatic rings. The summed E-state index contributed by atoms with van der Waals surface area (Å²) in [5.41, 5.74) is 8.78. The first-order valence-electron chi connectivity index (χ1n) is 14.3. The van der Waals surface area contributed by atoms with Crippen LogP contribution in [-0.2, 0) is 29.0 Å². The number of ether oxygens (including phenoxy) is 1. The van der Waals surface area contributed by atoms with E-state index < -0.39 is 0 Å². The Morgan fingerprint density at radius 2 is 1.78 bits per heavy atom. The number of carbonyl (C=O) groups excluding carboxylic acids is 2. The lowest BCUT2D eigenvalue weighted by Gasteiger charge is -2.35. The Labute approximate surface area is 241 Å². The SMILES string of the molecule is Cc1ccc(Cn2cc(C(=O)NC3=CCC(=O)C(C4=Cc5cc(CN6C[C@@H](C)O[C@@H](C)C6)ccc5C4)=C3)cn2)cc1. The Morgan fingerprint density at radius 1 is 1.02 bits per heavy atom. The maximum atomic E-state index is 13.0. The molecule has 1 aromatic heterocycles. The smallest absolute Gasteiger partial charge is 0.258 e. The number of aromatic nitrogens is 2. The minimum atomic E-state index is -0.239. The van der Waals surface area contributed by atoms with E-state index in [1.54, 1.807) is 23.2 Å². The average Bonchev–Trinajstić information content (AvgIpc) is 3.57. The van der Waals surface area contributed by atoms with Gasteiger partial charge in [0.25, 0.3) is 5.91 Å². The molecule has 210 valence electrons. The first-order valence-corrected chi connectivity index (χ1v) is 14.3. The zero-order valence-corrected chi connectivity index (χ0v) is 23.9. The molecule has 2 aromatic carbocycles. The van der Waals surface area contributed by atoms with Crippen molar-refractivity contribution in [2.24, 2.45) is 0 Å². The Morgan fingerprint density at radius 3 is 2.56 bits per heavy atom. The molecule has 1 fully saturated rings. The van der Waals surface area contributed by atoms with Gasteiger partial charge in [0.15, 0.2) is 5.78 Å². The van der Waals surface area contributed by atoms with Crippen molar-refractivity contribution in [1.29, 1.82) is 0 Å². The summed E-state index contributed by atoms with van der Waals surface area (Å²) in [5, 5.41) is 7.33. The van der Waals surface area contributed by atoms with Crippen LogP contribution in [0.25, 0.3) is 6.08 Å². The Hall–Kier alpha value is -4.07. The minimum absolute atomic E-state index is 0.0736. The van der Waals surface area contributed by atoms with Gasteiger partial charge in [0.1, 0.15) is 0 Å². The number of amides is 1. The molecule has 1 aliphatic heterocycles. The van der Waals surface area contributed by atoms with Crippen molar-refractivity contribution in [2.75, 3.05) is 13.1 Å². The summed E-state index contributed by atoms with van der Waals surface area (Å²) in [5.74, 6) is -0.166. The van der Waals surface area contributed by atoms with Gasteiger partial charge >= 0.3 is 0 Å². The number of fused-ring (bicyclic) bond motifs is 1. The molecule has 0 unspecified atom stereocenters. The standard InChI is InChI=1S/C34H36N4O3/c1-22-4-6-25(7-5-22)20-38-21-30(16-35-38)34(40)36-31-10-11-33(39)32(15-31)29-13-27-9-8-26(12-28(27)14-29)19-37-17-23(2)41-24(3)18-37/h4-10,12,14-16,21,23-24H,11,13,17-20H2,1-3H3,(H,36,40)/t23-,24+. The van der Waals surface area contributed by atoms with Crippen molar-refractivity contribution in [1.82, 2.24) is 20.0 Å². The highest BCUT2D eigenvalue weighted by molar-refractivity contribution is 6.04. The van der Waals surface area contributed by atoms with Crippen molar-refractivity contribution in [3.63, 3.8) is 0 Å². The van der Waals surface area contributed by atoms with E-state index >= 15 is 0 Å². The highest BCUT2D eigenvalue weighted by Crippen LogP contribution is 2.33. The number of ketones is 1. The van der Waals surface area contributed by atoms with Crippen molar-refractivity contribution in [3.8, 4) is 0 Å². The third kappa shape index (κ3) is 6.32. The number of nitrogens with zero attached hydrogens (tertiary/aromatic N) is 3. The van der Waals surface area contributed by atoms with Crippen LogP contribution in [0.3, 0.4) is 0 Å². The number of morpholine rings is 1. The van der Waals surface area contributed by atoms with Crippen LogP contribution in [0.1, 0.15) is 58.4 Å². The largest absolute Gasteiger partial charge is 0.373 e. The van der Waals surface area contributed by atoms with Gasteiger partial charge in [-0.1, -0.05) is 60.2 Å². The topological polar surface area (TPSA) is 76.5 Å². The molecule has 0 spiro atoms. The average molecular weight is 549 g/mol. The number of carbonyl (C=O) groups is 2. The number of Topliss-reactive ketones (excluding diaryl/α,β-unsaturated/α-hetero) is 1. The van der Waals surface area contributed by atoms with Gasteiger partial charge in [-0.2, -0.15) is 5.10 Å². The fraction of sp³-hybridized carbons (Fsp3) is 0.324. The molecule has 0 radical (unpaired) electrons. The van der Waals surface area contributed by atoms with Gasteiger partial charge in [-0.3, -0.25) is 19.2 Å². The van der Waals surface area contributed by atoms with Gasteiger partial charge in [0, 0.05) is 43.5 Å². The number of rotatable bonds is 7. The number of hydrogen-bond donors (Lipinski definition) is 1. The summed E-state index contributed by atoms with van der Waals surface area (Å²) >= 11 is 0. The fourth-order valence-corrected chi connectivity index (χ4v) is 5.94. The Balaban J connectivity index is 1.12. The summed E-state index contributed by atoms with van der Waals surface area (Å²) < 4.78 is 7.64. The van der Waals surface area contributed by atoms with Gasteiger partial charge in [0.05, 0.1) is 30.5 Å². The zero-order valence-electron chi connectivity index (χ0n) is 23.9. The van der Waals surface area contributed by atoms with Gasteiger partial charge in [-0.05, 0) is 61.1 Å². The molecule has 2 heterocycles. The van der Waals surface area contributed by atoms with E-state index in [0.29, 0.717) is 29.8 Å². The van der Waals surface area contributed by atoms with E-state index in [1.165, 1.54) is 22.3 Å². The first-order chi connectivity index (χ1) is 19.8. The van der Waals surface area contributed by atoms with Gasteiger partial charge in [-0.15, -0.1) is 0 Å². The molecule has 0 bridgehead atoms. The molecule has 41 heavy (non-hydrogen) atoms. The molecule has 0 saturated carbocycles. The van der Waals surface area contributed by atoms with Crippen LogP contribution in [0.4, 0.5) is 0 Å². The first kappa shape index (κ1) is 27.1. The van der Waals surface area contributed by atoms with Crippen LogP contribution in [0.2, 0.25) is 0 Å². The highest BCUT2D eigenvalue weighted by Gasteiger charge is 2.25. The number of aryl methyl sites for hydroxylation is 1. The molecule has 2 atom stereocenters. The summed E-state index contributed by atoms with van der Waals surface area (Å²) in [6.07, 6.45) is 10.5. The van der Waals surface area contributed by atoms with Crippen molar-refractivity contribution in [3.05, 3.63) is 117 Å². The predicted octanol–water partition coefficient (Wildman–Crippen LogP) is 5.00. The van der Waals surface area contributed by atoms with E-state index in [-0.39, 0.29) is 30.3 Å². The molecule has 1 N–H and O–H groups in total. The van der Waals surface area contributed by atoms with E-state index in [4.69, 9.17) is 4.74 Å². The fourth-order valence-electron chi connectivity index (χ4n) is 5.94. The van der Waals surface area contributed by atoms with Crippen molar-refractivity contribution < 1.29 is 14.3 Å². The number of benzene rings is 2. The predicted molar refractivity (Wildman–Crippen MR) is 159 cm³/mol. The van der Waals surface area contributed by atoms with E-state index in [0.717, 1.165) is 30.8 Å². The third-order valence-electron chi connectivity index (χ3n) is 7.89. The Kier molecular flexibility index (Phi) is 7.56. The maximum absolute atomic E-state index is 13.0. The number of hydrogen-bond acceptors (Lipinski definition) is 5. The van der Waals surface area contributed by atoms with E-state index in [2.05, 4.69) is 84.6 Å². The van der Waals surface area contributed by atoms with Crippen LogP contribution in [0.5, 0.6) is 0 Å².